The van der Waals surface area contributed by atoms with Crippen LogP contribution in [0.4, 0.5) is 23.2 Å². The molecule has 6 heteroatoms. The van der Waals surface area contributed by atoms with E-state index in [2.05, 4.69) is 10.2 Å². The highest BCUT2D eigenvalue weighted by atomic mass is 19.4. The molecule has 15 heavy (non-hydrogen) atoms. The van der Waals surface area contributed by atoms with Gasteiger partial charge < -0.3 is 0 Å². The maximum atomic E-state index is 12.5. The molecule has 0 bridgehead atoms. The Labute approximate surface area is 82.9 Å². The van der Waals surface area contributed by atoms with Gasteiger partial charge in [-0.05, 0) is 12.1 Å². The largest absolute Gasteiger partial charge is 0.414 e. The van der Waals surface area contributed by atoms with Gasteiger partial charge in [0, 0.05) is 0 Å². The van der Waals surface area contributed by atoms with Crippen molar-refractivity contribution in [2.45, 2.75) is 6.18 Å². The van der Waals surface area contributed by atoms with Gasteiger partial charge in [0.2, 0.25) is 5.95 Å². The maximum Gasteiger partial charge on any atom is 0.414 e. The highest BCUT2D eigenvalue weighted by molar-refractivity contribution is 5.34. The summed E-state index contributed by atoms with van der Waals surface area (Å²) in [6, 6.07) is 7.90. The van der Waals surface area contributed by atoms with Gasteiger partial charge in [0.05, 0.1) is 11.8 Å². The molecule has 2 nitrogen and oxygen atoms in total. The van der Waals surface area contributed by atoms with Crippen LogP contribution >= 0.6 is 0 Å². The van der Waals surface area contributed by atoms with Gasteiger partial charge in [0.25, 0.3) is 0 Å². The standard InChI is InChI=1S/C9H6F4N2/c10-8(6-9(11,12)13)15-14-7-4-2-1-3-5-7/h1-6H/b8-6+,15-14?. The lowest BCUT2D eigenvalue weighted by molar-refractivity contribution is -0.0814. The number of alkyl halides is 3. The van der Waals surface area contributed by atoms with Crippen LogP contribution in [-0.2, 0) is 0 Å². The summed E-state index contributed by atoms with van der Waals surface area (Å²) in [7, 11) is 0. The summed E-state index contributed by atoms with van der Waals surface area (Å²) in [5, 5.41) is 6.05. The monoisotopic (exact) mass is 218 g/mol. The predicted octanol–water partition coefficient (Wildman–Crippen LogP) is 4.14. The molecule has 0 spiro atoms. The van der Waals surface area contributed by atoms with Crippen LogP contribution in [0.3, 0.4) is 0 Å². The smallest absolute Gasteiger partial charge is 0.183 e. The normalized spacial score (nSPS) is 13.5. The Hall–Kier alpha value is -1.72. The first-order valence-corrected chi connectivity index (χ1v) is 3.89. The second-order valence-corrected chi connectivity index (χ2v) is 2.54. The van der Waals surface area contributed by atoms with E-state index in [4.69, 9.17) is 0 Å². The van der Waals surface area contributed by atoms with Crippen LogP contribution in [0.25, 0.3) is 0 Å². The van der Waals surface area contributed by atoms with Crippen molar-refractivity contribution >= 4 is 5.69 Å². The molecular weight excluding hydrogens is 212 g/mol. The summed E-state index contributed by atoms with van der Waals surface area (Å²) in [4.78, 5) is 0. The van der Waals surface area contributed by atoms with Crippen molar-refractivity contribution in [2.75, 3.05) is 0 Å². The fraction of sp³-hybridized carbons (Fsp3) is 0.111. The van der Waals surface area contributed by atoms with Crippen molar-refractivity contribution < 1.29 is 17.6 Å². The highest BCUT2D eigenvalue weighted by Crippen LogP contribution is 2.20. The molecule has 1 aromatic rings. The van der Waals surface area contributed by atoms with Gasteiger partial charge in [-0.2, -0.15) is 17.6 Å². The van der Waals surface area contributed by atoms with E-state index >= 15 is 0 Å². The molecule has 0 aromatic heterocycles. The maximum absolute atomic E-state index is 12.5. The Morgan fingerprint density at radius 3 is 2.27 bits per heavy atom. The summed E-state index contributed by atoms with van der Waals surface area (Å²) < 4.78 is 47.3. The zero-order chi connectivity index (χ0) is 11.3. The number of azo groups is 1. The Morgan fingerprint density at radius 2 is 1.73 bits per heavy atom. The summed E-state index contributed by atoms with van der Waals surface area (Å²) in [5.74, 6) is -1.67. The first-order chi connectivity index (χ1) is 6.97. The number of hydrogen-bond acceptors (Lipinski definition) is 2. The zero-order valence-electron chi connectivity index (χ0n) is 7.37. The van der Waals surface area contributed by atoms with E-state index in [0.29, 0.717) is 0 Å². The summed E-state index contributed by atoms with van der Waals surface area (Å²) in [5.41, 5.74) is 0.281. The second kappa shape index (κ2) is 4.68. The molecule has 0 N–H and O–H groups in total. The number of allylic oxidation sites excluding steroid dienone is 1. The van der Waals surface area contributed by atoms with E-state index in [0.717, 1.165) is 0 Å². The summed E-state index contributed by atoms with van der Waals surface area (Å²) in [6.07, 6.45) is -5.28. The van der Waals surface area contributed by atoms with Gasteiger partial charge in [-0.25, -0.2) is 0 Å². The van der Waals surface area contributed by atoms with Crippen molar-refractivity contribution in [3.8, 4) is 0 Å². The molecule has 0 radical (unpaired) electrons. The Morgan fingerprint density at radius 1 is 1.13 bits per heavy atom. The van der Waals surface area contributed by atoms with E-state index in [1.807, 2.05) is 0 Å². The fourth-order valence-electron chi connectivity index (χ4n) is 0.764. The molecule has 0 heterocycles. The third kappa shape index (κ3) is 4.90. The Kier molecular flexibility index (Phi) is 3.54. The SMILES string of the molecule is F/C(=C\C(F)(F)F)N=Nc1ccccc1. The van der Waals surface area contributed by atoms with Gasteiger partial charge in [-0.15, -0.1) is 10.2 Å². The van der Waals surface area contributed by atoms with Crippen LogP contribution < -0.4 is 0 Å². The van der Waals surface area contributed by atoms with Crippen LogP contribution in [0.5, 0.6) is 0 Å². The molecule has 1 aromatic carbocycles. The molecule has 0 amide bonds. The van der Waals surface area contributed by atoms with Crippen LogP contribution in [0.2, 0.25) is 0 Å². The zero-order valence-corrected chi connectivity index (χ0v) is 7.37. The third-order valence-electron chi connectivity index (χ3n) is 1.30. The minimum Gasteiger partial charge on any atom is -0.183 e. The minimum atomic E-state index is -4.72. The molecule has 0 aliphatic rings. The molecule has 0 saturated heterocycles. The third-order valence-corrected chi connectivity index (χ3v) is 1.30. The lowest BCUT2D eigenvalue weighted by atomic mass is 10.3. The lowest BCUT2D eigenvalue weighted by Gasteiger charge is -1.96. The van der Waals surface area contributed by atoms with Crippen molar-refractivity contribution in [1.29, 1.82) is 0 Å². The molecule has 0 aliphatic carbocycles. The molecule has 0 saturated carbocycles. The van der Waals surface area contributed by atoms with Gasteiger partial charge >= 0.3 is 6.18 Å². The van der Waals surface area contributed by atoms with Crippen LogP contribution in [0.1, 0.15) is 0 Å². The summed E-state index contributed by atoms with van der Waals surface area (Å²) in [6.45, 7) is 0. The molecule has 0 aliphatic heterocycles. The van der Waals surface area contributed by atoms with Gasteiger partial charge in [0.1, 0.15) is 0 Å². The van der Waals surface area contributed by atoms with Crippen molar-refractivity contribution in [3.05, 3.63) is 42.4 Å². The molecular formula is C9H6F4N2. The first-order valence-electron chi connectivity index (χ1n) is 3.89. The molecule has 0 atom stereocenters. The quantitative estimate of drug-likeness (QED) is 0.405. The van der Waals surface area contributed by atoms with E-state index in [1.54, 1.807) is 18.2 Å². The fourth-order valence-corrected chi connectivity index (χ4v) is 0.764. The van der Waals surface area contributed by atoms with Crippen molar-refractivity contribution in [1.82, 2.24) is 0 Å². The molecule has 80 valence electrons. The van der Waals surface area contributed by atoms with Crippen LogP contribution in [0.15, 0.2) is 52.6 Å². The first kappa shape index (κ1) is 11.4. The van der Waals surface area contributed by atoms with E-state index < -0.39 is 18.2 Å². The number of halogens is 4. The minimum absolute atomic E-state index is 0.281. The van der Waals surface area contributed by atoms with Gasteiger partial charge in [0.15, 0.2) is 0 Å². The van der Waals surface area contributed by atoms with Crippen molar-refractivity contribution in [3.63, 3.8) is 0 Å². The van der Waals surface area contributed by atoms with E-state index in [9.17, 15) is 17.6 Å². The topological polar surface area (TPSA) is 24.7 Å². The molecule has 0 fully saturated rings. The van der Waals surface area contributed by atoms with E-state index in [1.165, 1.54) is 12.1 Å². The van der Waals surface area contributed by atoms with Gasteiger partial charge in [-0.1, -0.05) is 18.2 Å². The number of hydrogen-bond donors (Lipinski definition) is 0. The number of nitrogens with zero attached hydrogens (tertiary/aromatic N) is 2. The lowest BCUT2D eigenvalue weighted by Crippen LogP contribution is -2.01. The number of rotatable bonds is 2. The highest BCUT2D eigenvalue weighted by Gasteiger charge is 2.25. The Bertz CT molecular complexity index is 367. The average molecular weight is 218 g/mol. The second-order valence-electron chi connectivity index (χ2n) is 2.54. The van der Waals surface area contributed by atoms with Crippen LogP contribution in [0, 0.1) is 0 Å². The van der Waals surface area contributed by atoms with Crippen LogP contribution in [-0.4, -0.2) is 6.18 Å². The van der Waals surface area contributed by atoms with Gasteiger partial charge in [-0.3, -0.25) is 0 Å². The number of benzene rings is 1. The predicted molar refractivity (Wildman–Crippen MR) is 46.2 cm³/mol. The average Bonchev–Trinajstić information content (AvgIpc) is 2.14. The van der Waals surface area contributed by atoms with E-state index in [-0.39, 0.29) is 5.69 Å². The summed E-state index contributed by atoms with van der Waals surface area (Å²) >= 11 is 0. The molecule has 1 rings (SSSR count). The Balaban J connectivity index is 2.71. The molecule has 0 unspecified atom stereocenters. The van der Waals surface area contributed by atoms with Crippen molar-refractivity contribution in [2.24, 2.45) is 10.2 Å².